The van der Waals surface area contributed by atoms with Gasteiger partial charge in [-0.05, 0) is 37.1 Å². The summed E-state index contributed by atoms with van der Waals surface area (Å²) in [6.07, 6.45) is 8.16. The summed E-state index contributed by atoms with van der Waals surface area (Å²) in [6, 6.07) is 5.60. The molecular weight excluding hydrogens is 278 g/mol. The molecule has 1 amide bonds. The maximum absolute atomic E-state index is 12.2. The first kappa shape index (κ1) is 13.9. The van der Waals surface area contributed by atoms with E-state index in [1.54, 1.807) is 41.7 Å². The Kier molecular flexibility index (Phi) is 3.65. The van der Waals surface area contributed by atoms with Gasteiger partial charge < -0.3 is 5.32 Å². The number of nitrogens with one attached hydrogen (secondary N) is 1. The van der Waals surface area contributed by atoms with Crippen molar-refractivity contribution in [3.8, 4) is 5.95 Å². The van der Waals surface area contributed by atoms with Gasteiger partial charge in [0.25, 0.3) is 5.91 Å². The maximum Gasteiger partial charge on any atom is 0.255 e. The molecule has 0 saturated heterocycles. The van der Waals surface area contributed by atoms with Gasteiger partial charge in [0.1, 0.15) is 6.33 Å². The molecule has 0 radical (unpaired) electrons. The van der Waals surface area contributed by atoms with E-state index >= 15 is 0 Å². The Balaban J connectivity index is 1.75. The van der Waals surface area contributed by atoms with Crippen LogP contribution < -0.4 is 5.32 Å². The number of hydrogen-bond acceptors (Lipinski definition) is 4. The number of imidazole rings is 1. The van der Waals surface area contributed by atoms with Crippen LogP contribution in [0.2, 0.25) is 0 Å². The van der Waals surface area contributed by atoms with Gasteiger partial charge in [0, 0.05) is 18.0 Å². The molecule has 0 saturated carbocycles. The summed E-state index contributed by atoms with van der Waals surface area (Å²) in [6.45, 7) is 3.99. The fourth-order valence-corrected chi connectivity index (χ4v) is 1.98. The lowest BCUT2D eigenvalue weighted by atomic mass is 10.1. The Morgan fingerprint density at radius 1 is 1.14 bits per heavy atom. The molecular formula is C16H15N5O. The van der Waals surface area contributed by atoms with Crippen LogP contribution in [0.15, 0.2) is 49.3 Å². The third-order valence-electron chi connectivity index (χ3n) is 3.40. The second kappa shape index (κ2) is 5.77. The van der Waals surface area contributed by atoms with Crippen LogP contribution in [-0.2, 0) is 0 Å². The van der Waals surface area contributed by atoms with Gasteiger partial charge in [0.15, 0.2) is 0 Å². The van der Waals surface area contributed by atoms with Gasteiger partial charge in [-0.2, -0.15) is 0 Å². The number of amides is 1. The molecule has 0 fully saturated rings. The Labute approximate surface area is 127 Å². The van der Waals surface area contributed by atoms with E-state index in [9.17, 15) is 4.79 Å². The van der Waals surface area contributed by atoms with E-state index < -0.39 is 0 Å². The SMILES string of the molecule is Cc1ccc(C(=O)Nc2cnc(-n3ccnc3)nc2)cc1C. The smallest absolute Gasteiger partial charge is 0.255 e. The van der Waals surface area contributed by atoms with Crippen molar-refractivity contribution in [2.75, 3.05) is 5.32 Å². The van der Waals surface area contributed by atoms with E-state index in [2.05, 4.69) is 20.3 Å². The average Bonchev–Trinajstić information content (AvgIpc) is 3.05. The van der Waals surface area contributed by atoms with Crippen molar-refractivity contribution < 1.29 is 4.79 Å². The first-order valence-electron chi connectivity index (χ1n) is 6.82. The van der Waals surface area contributed by atoms with Crippen molar-refractivity contribution in [2.45, 2.75) is 13.8 Å². The zero-order chi connectivity index (χ0) is 15.5. The van der Waals surface area contributed by atoms with E-state index in [0.717, 1.165) is 11.1 Å². The number of carbonyl (C=O) groups is 1. The molecule has 0 aliphatic rings. The fraction of sp³-hybridized carbons (Fsp3) is 0.125. The molecule has 0 spiro atoms. The number of carbonyl (C=O) groups excluding carboxylic acids is 1. The molecule has 6 nitrogen and oxygen atoms in total. The van der Waals surface area contributed by atoms with E-state index in [-0.39, 0.29) is 5.91 Å². The zero-order valence-corrected chi connectivity index (χ0v) is 12.3. The number of aromatic nitrogens is 4. The average molecular weight is 293 g/mol. The normalized spacial score (nSPS) is 10.5. The Morgan fingerprint density at radius 2 is 1.91 bits per heavy atom. The number of hydrogen-bond donors (Lipinski definition) is 1. The molecule has 0 unspecified atom stereocenters. The zero-order valence-electron chi connectivity index (χ0n) is 12.3. The summed E-state index contributed by atoms with van der Waals surface area (Å²) in [4.78, 5) is 24.5. The highest BCUT2D eigenvalue weighted by Crippen LogP contribution is 2.12. The summed E-state index contributed by atoms with van der Waals surface area (Å²) in [5.41, 5.74) is 3.40. The molecule has 0 aliphatic heterocycles. The topological polar surface area (TPSA) is 72.7 Å². The monoisotopic (exact) mass is 293 g/mol. The summed E-state index contributed by atoms with van der Waals surface area (Å²) in [5.74, 6) is 0.323. The predicted molar refractivity (Wildman–Crippen MR) is 83.0 cm³/mol. The van der Waals surface area contributed by atoms with Crippen LogP contribution in [0.1, 0.15) is 21.5 Å². The highest BCUT2D eigenvalue weighted by Gasteiger charge is 2.08. The van der Waals surface area contributed by atoms with Gasteiger partial charge in [-0.1, -0.05) is 6.07 Å². The molecule has 6 heteroatoms. The van der Waals surface area contributed by atoms with Crippen molar-refractivity contribution in [3.05, 3.63) is 66.0 Å². The van der Waals surface area contributed by atoms with Crippen LogP contribution in [0, 0.1) is 13.8 Å². The standard InChI is InChI=1S/C16H15N5O/c1-11-3-4-13(7-12(11)2)15(22)20-14-8-18-16(19-9-14)21-6-5-17-10-21/h3-10H,1-2H3,(H,20,22). The number of anilines is 1. The lowest BCUT2D eigenvalue weighted by molar-refractivity contribution is 0.102. The maximum atomic E-state index is 12.2. The van der Waals surface area contributed by atoms with E-state index in [0.29, 0.717) is 17.2 Å². The summed E-state index contributed by atoms with van der Waals surface area (Å²) >= 11 is 0. The molecule has 22 heavy (non-hydrogen) atoms. The third-order valence-corrected chi connectivity index (χ3v) is 3.40. The number of aryl methyl sites for hydroxylation is 2. The van der Waals surface area contributed by atoms with Crippen LogP contribution in [0.3, 0.4) is 0 Å². The van der Waals surface area contributed by atoms with Crippen molar-refractivity contribution in [1.29, 1.82) is 0 Å². The summed E-state index contributed by atoms with van der Waals surface area (Å²) < 4.78 is 1.69. The lowest BCUT2D eigenvalue weighted by Crippen LogP contribution is -2.13. The van der Waals surface area contributed by atoms with Crippen molar-refractivity contribution in [3.63, 3.8) is 0 Å². The molecule has 3 aromatic rings. The minimum Gasteiger partial charge on any atom is -0.319 e. The number of rotatable bonds is 3. The largest absolute Gasteiger partial charge is 0.319 e. The predicted octanol–water partition coefficient (Wildman–Crippen LogP) is 2.53. The Bertz CT molecular complexity index is 794. The van der Waals surface area contributed by atoms with Crippen LogP contribution in [-0.4, -0.2) is 25.4 Å². The molecule has 0 bridgehead atoms. The van der Waals surface area contributed by atoms with Crippen LogP contribution in [0.4, 0.5) is 5.69 Å². The van der Waals surface area contributed by atoms with Gasteiger partial charge in [0.2, 0.25) is 5.95 Å². The van der Waals surface area contributed by atoms with E-state index in [4.69, 9.17) is 0 Å². The van der Waals surface area contributed by atoms with Crippen LogP contribution >= 0.6 is 0 Å². The first-order valence-corrected chi connectivity index (χ1v) is 6.82. The summed E-state index contributed by atoms with van der Waals surface area (Å²) in [7, 11) is 0. The van der Waals surface area contributed by atoms with E-state index in [1.165, 1.54) is 0 Å². The van der Waals surface area contributed by atoms with Gasteiger partial charge >= 0.3 is 0 Å². The third kappa shape index (κ3) is 2.85. The molecule has 3 rings (SSSR count). The van der Waals surface area contributed by atoms with Gasteiger partial charge in [0.05, 0.1) is 18.1 Å². The molecule has 1 N–H and O–H groups in total. The molecule has 2 aromatic heterocycles. The second-order valence-electron chi connectivity index (χ2n) is 4.99. The molecule has 2 heterocycles. The molecule has 0 aliphatic carbocycles. The van der Waals surface area contributed by atoms with Gasteiger partial charge in [-0.25, -0.2) is 15.0 Å². The summed E-state index contributed by atoms with van der Waals surface area (Å²) in [5, 5.41) is 2.79. The quantitative estimate of drug-likeness (QED) is 0.805. The minimum atomic E-state index is -0.179. The van der Waals surface area contributed by atoms with Crippen LogP contribution in [0.5, 0.6) is 0 Å². The molecule has 110 valence electrons. The van der Waals surface area contributed by atoms with Crippen molar-refractivity contribution >= 4 is 11.6 Å². The fourth-order valence-electron chi connectivity index (χ4n) is 1.98. The molecule has 0 atom stereocenters. The number of benzene rings is 1. The lowest BCUT2D eigenvalue weighted by Gasteiger charge is -2.07. The minimum absolute atomic E-state index is 0.179. The first-order chi connectivity index (χ1) is 10.6. The second-order valence-corrected chi connectivity index (χ2v) is 4.99. The van der Waals surface area contributed by atoms with Gasteiger partial charge in [-0.15, -0.1) is 0 Å². The highest BCUT2D eigenvalue weighted by molar-refractivity contribution is 6.04. The Hall–Kier alpha value is -3.02. The number of nitrogens with zero attached hydrogens (tertiary/aromatic N) is 4. The molecule has 1 aromatic carbocycles. The highest BCUT2D eigenvalue weighted by atomic mass is 16.1. The van der Waals surface area contributed by atoms with Gasteiger partial charge in [-0.3, -0.25) is 9.36 Å². The Morgan fingerprint density at radius 3 is 2.55 bits per heavy atom. The van der Waals surface area contributed by atoms with E-state index in [1.807, 2.05) is 26.0 Å². The van der Waals surface area contributed by atoms with Crippen molar-refractivity contribution in [2.24, 2.45) is 0 Å². The van der Waals surface area contributed by atoms with Crippen LogP contribution in [0.25, 0.3) is 5.95 Å². The van der Waals surface area contributed by atoms with Crippen molar-refractivity contribution in [1.82, 2.24) is 19.5 Å².